The molecule has 0 fully saturated rings. The minimum absolute atomic E-state index is 0.117. The van der Waals surface area contributed by atoms with Crippen LogP contribution in [0.1, 0.15) is 10.4 Å². The molecule has 0 atom stereocenters. The Labute approximate surface area is 116 Å². The first-order valence-corrected chi connectivity index (χ1v) is 7.23. The smallest absolute Gasteiger partial charge is 0.335 e. The van der Waals surface area contributed by atoms with Crippen LogP contribution in [0.2, 0.25) is 0 Å². The van der Waals surface area contributed by atoms with Gasteiger partial charge in [0.2, 0.25) is 0 Å². The molecular formula is C10H8BrN3O4S. The highest BCUT2D eigenvalue weighted by molar-refractivity contribution is 9.10. The van der Waals surface area contributed by atoms with Crippen molar-refractivity contribution in [3.05, 3.63) is 40.5 Å². The van der Waals surface area contributed by atoms with Crippen LogP contribution < -0.4 is 4.72 Å². The third-order valence-corrected chi connectivity index (χ3v) is 4.57. The SMILES string of the molecule is O=C(O)c1ccc(Br)c(S(=O)(=O)Nc2ccn[nH]2)c1. The number of rotatable bonds is 4. The van der Waals surface area contributed by atoms with E-state index in [0.29, 0.717) is 0 Å². The summed E-state index contributed by atoms with van der Waals surface area (Å²) in [6.07, 6.45) is 1.39. The summed E-state index contributed by atoms with van der Waals surface area (Å²) >= 11 is 3.08. The molecule has 100 valence electrons. The number of benzene rings is 1. The van der Waals surface area contributed by atoms with Crippen molar-refractivity contribution in [1.82, 2.24) is 10.2 Å². The Kier molecular flexibility index (Phi) is 3.58. The summed E-state index contributed by atoms with van der Waals surface area (Å²) in [6.45, 7) is 0. The predicted octanol–water partition coefficient (Wildman–Crippen LogP) is 1.67. The zero-order valence-corrected chi connectivity index (χ0v) is 11.7. The van der Waals surface area contributed by atoms with Crippen LogP contribution in [0.3, 0.4) is 0 Å². The number of carbonyl (C=O) groups is 1. The summed E-state index contributed by atoms with van der Waals surface area (Å²) in [5, 5.41) is 14.9. The second-order valence-corrected chi connectivity index (χ2v) is 6.03. The van der Waals surface area contributed by atoms with Crippen LogP contribution in [0.25, 0.3) is 0 Å². The summed E-state index contributed by atoms with van der Waals surface area (Å²) in [6, 6.07) is 5.18. The van der Waals surface area contributed by atoms with Crippen LogP contribution in [0.15, 0.2) is 39.8 Å². The third-order valence-electron chi connectivity index (χ3n) is 2.21. The summed E-state index contributed by atoms with van der Waals surface area (Å²) in [7, 11) is -3.90. The van der Waals surface area contributed by atoms with Crippen LogP contribution >= 0.6 is 15.9 Å². The molecule has 1 aromatic heterocycles. The van der Waals surface area contributed by atoms with Crippen molar-refractivity contribution in [2.45, 2.75) is 4.90 Å². The van der Waals surface area contributed by atoms with Gasteiger partial charge in [-0.2, -0.15) is 5.10 Å². The molecule has 2 aromatic rings. The number of nitrogens with zero attached hydrogens (tertiary/aromatic N) is 1. The molecule has 0 radical (unpaired) electrons. The molecule has 0 aliphatic heterocycles. The number of hydrogen-bond donors (Lipinski definition) is 3. The van der Waals surface area contributed by atoms with E-state index in [1.165, 1.54) is 24.4 Å². The molecule has 1 aromatic carbocycles. The first kappa shape index (κ1) is 13.6. The number of halogens is 1. The summed E-state index contributed by atoms with van der Waals surface area (Å²) < 4.78 is 26.7. The second kappa shape index (κ2) is 5.02. The average molecular weight is 346 g/mol. The number of hydrogen-bond acceptors (Lipinski definition) is 4. The molecule has 0 aliphatic rings. The maximum Gasteiger partial charge on any atom is 0.335 e. The van der Waals surface area contributed by atoms with Gasteiger partial charge in [0.15, 0.2) is 0 Å². The first-order valence-electron chi connectivity index (χ1n) is 4.95. The van der Waals surface area contributed by atoms with Crippen LogP contribution in [-0.4, -0.2) is 29.7 Å². The molecule has 0 amide bonds. The lowest BCUT2D eigenvalue weighted by molar-refractivity contribution is 0.0696. The summed E-state index contributed by atoms with van der Waals surface area (Å²) in [4.78, 5) is 10.7. The fourth-order valence-electron chi connectivity index (χ4n) is 1.35. The van der Waals surface area contributed by atoms with Gasteiger partial charge >= 0.3 is 5.97 Å². The number of H-pyrrole nitrogens is 1. The van der Waals surface area contributed by atoms with E-state index in [9.17, 15) is 13.2 Å². The first-order chi connectivity index (χ1) is 8.90. The molecule has 3 N–H and O–H groups in total. The Balaban J connectivity index is 2.45. The van der Waals surface area contributed by atoms with Crippen molar-refractivity contribution < 1.29 is 18.3 Å². The molecule has 0 unspecified atom stereocenters. The van der Waals surface area contributed by atoms with Gasteiger partial charge in [0.1, 0.15) is 10.7 Å². The average Bonchev–Trinajstić information content (AvgIpc) is 2.81. The highest BCUT2D eigenvalue weighted by Gasteiger charge is 2.20. The number of nitrogens with one attached hydrogen (secondary N) is 2. The van der Waals surface area contributed by atoms with Gasteiger partial charge in [0.05, 0.1) is 11.8 Å². The maximum atomic E-state index is 12.1. The third kappa shape index (κ3) is 2.93. The van der Waals surface area contributed by atoms with Gasteiger partial charge in [-0.25, -0.2) is 13.2 Å². The molecule has 7 nitrogen and oxygen atoms in total. The monoisotopic (exact) mass is 345 g/mol. The molecule has 0 bridgehead atoms. The Bertz CT molecular complexity index is 712. The maximum absolute atomic E-state index is 12.1. The van der Waals surface area contributed by atoms with Gasteiger partial charge in [-0.15, -0.1) is 0 Å². The lowest BCUT2D eigenvalue weighted by atomic mass is 10.2. The normalized spacial score (nSPS) is 11.2. The lowest BCUT2D eigenvalue weighted by Crippen LogP contribution is -2.14. The molecule has 2 rings (SSSR count). The van der Waals surface area contributed by atoms with Crippen molar-refractivity contribution in [3.8, 4) is 0 Å². The van der Waals surface area contributed by atoms with E-state index in [-0.39, 0.29) is 20.7 Å². The van der Waals surface area contributed by atoms with Crippen molar-refractivity contribution in [1.29, 1.82) is 0 Å². The minimum Gasteiger partial charge on any atom is -0.478 e. The van der Waals surface area contributed by atoms with Gasteiger partial charge in [-0.05, 0) is 34.1 Å². The fourth-order valence-corrected chi connectivity index (χ4v) is 3.36. The topological polar surface area (TPSA) is 112 Å². The number of anilines is 1. The number of sulfonamides is 1. The molecule has 9 heteroatoms. The zero-order chi connectivity index (χ0) is 14.0. The lowest BCUT2D eigenvalue weighted by Gasteiger charge is -2.08. The zero-order valence-electron chi connectivity index (χ0n) is 9.29. The van der Waals surface area contributed by atoms with E-state index < -0.39 is 16.0 Å². The number of aromatic amines is 1. The van der Waals surface area contributed by atoms with Crippen LogP contribution in [0.4, 0.5) is 5.82 Å². The predicted molar refractivity (Wildman–Crippen MR) is 70.5 cm³/mol. The Morgan fingerprint density at radius 3 is 2.68 bits per heavy atom. The van der Waals surface area contributed by atoms with Crippen molar-refractivity contribution in [2.24, 2.45) is 0 Å². The van der Waals surface area contributed by atoms with E-state index in [0.717, 1.165) is 6.07 Å². The van der Waals surface area contributed by atoms with E-state index in [1.807, 2.05) is 0 Å². The number of aromatic nitrogens is 2. The molecule has 19 heavy (non-hydrogen) atoms. The Morgan fingerprint density at radius 2 is 2.11 bits per heavy atom. The quantitative estimate of drug-likeness (QED) is 0.780. The highest BCUT2D eigenvalue weighted by Crippen LogP contribution is 2.25. The van der Waals surface area contributed by atoms with Crippen LogP contribution in [0.5, 0.6) is 0 Å². The van der Waals surface area contributed by atoms with Crippen molar-refractivity contribution in [3.63, 3.8) is 0 Å². The largest absolute Gasteiger partial charge is 0.478 e. The number of carboxylic acid groups (broad SMARTS) is 1. The number of aromatic carboxylic acids is 1. The molecule has 0 aliphatic carbocycles. The van der Waals surface area contributed by atoms with Gasteiger partial charge in [0.25, 0.3) is 10.0 Å². The van der Waals surface area contributed by atoms with Crippen LogP contribution in [-0.2, 0) is 10.0 Å². The molecule has 1 heterocycles. The molecule has 0 saturated heterocycles. The van der Waals surface area contributed by atoms with Gasteiger partial charge < -0.3 is 5.11 Å². The summed E-state index contributed by atoms with van der Waals surface area (Å²) in [5.41, 5.74) is -0.117. The Hall–Kier alpha value is -1.87. The number of carboxylic acids is 1. The molecular weight excluding hydrogens is 338 g/mol. The van der Waals surface area contributed by atoms with E-state index in [4.69, 9.17) is 5.11 Å². The second-order valence-electron chi connectivity index (χ2n) is 3.53. The van der Waals surface area contributed by atoms with Crippen LogP contribution in [0, 0.1) is 0 Å². The standard InChI is InChI=1S/C10H8BrN3O4S/c11-7-2-1-6(10(15)16)5-8(7)19(17,18)14-9-3-4-12-13-9/h1-5H,(H,15,16)(H2,12,13,14). The molecule has 0 saturated carbocycles. The minimum atomic E-state index is -3.90. The summed E-state index contributed by atoms with van der Waals surface area (Å²) in [5.74, 6) is -1.02. The molecule has 0 spiro atoms. The fraction of sp³-hybridized carbons (Fsp3) is 0. The van der Waals surface area contributed by atoms with Gasteiger partial charge in [0, 0.05) is 10.5 Å². The van der Waals surface area contributed by atoms with Crippen molar-refractivity contribution in [2.75, 3.05) is 4.72 Å². The Morgan fingerprint density at radius 1 is 1.37 bits per heavy atom. The van der Waals surface area contributed by atoms with Gasteiger partial charge in [-0.3, -0.25) is 9.82 Å². The van der Waals surface area contributed by atoms with Crippen molar-refractivity contribution >= 4 is 37.7 Å². The highest BCUT2D eigenvalue weighted by atomic mass is 79.9. The van der Waals surface area contributed by atoms with E-state index in [2.05, 4.69) is 30.8 Å². The van der Waals surface area contributed by atoms with E-state index >= 15 is 0 Å². The van der Waals surface area contributed by atoms with E-state index in [1.54, 1.807) is 0 Å². The van der Waals surface area contributed by atoms with Gasteiger partial charge in [-0.1, -0.05) is 0 Å².